The van der Waals surface area contributed by atoms with Crippen molar-refractivity contribution < 1.29 is 0 Å². The van der Waals surface area contributed by atoms with E-state index in [0.717, 1.165) is 11.4 Å². The molecule has 2 atom stereocenters. The molecule has 3 aromatic rings. The lowest BCUT2D eigenvalue weighted by atomic mass is 10.1. The normalized spacial score (nSPS) is 20.3. The van der Waals surface area contributed by atoms with Crippen LogP contribution < -0.4 is 4.90 Å². The fourth-order valence-electron chi connectivity index (χ4n) is 2.86. The van der Waals surface area contributed by atoms with Crippen LogP contribution in [0.15, 0.2) is 79.1 Å². The number of pyridine rings is 2. The van der Waals surface area contributed by atoms with E-state index >= 15 is 0 Å². The SMILES string of the molecule is c1ccc(N2[C@@H](c3ccccn3)[C@@H]2c2ccccn2)cc1. The fraction of sp³-hybridized carbons (Fsp3) is 0.111. The third kappa shape index (κ3) is 2.17. The van der Waals surface area contributed by atoms with Gasteiger partial charge in [0, 0.05) is 18.1 Å². The lowest BCUT2D eigenvalue weighted by molar-refractivity contribution is 0.932. The van der Waals surface area contributed by atoms with E-state index in [0.29, 0.717) is 0 Å². The first-order valence-corrected chi connectivity index (χ1v) is 7.10. The van der Waals surface area contributed by atoms with E-state index in [1.165, 1.54) is 5.69 Å². The molecule has 102 valence electrons. The maximum absolute atomic E-state index is 4.52. The molecule has 0 aliphatic carbocycles. The average Bonchev–Trinajstić information content (AvgIpc) is 3.33. The summed E-state index contributed by atoms with van der Waals surface area (Å²) < 4.78 is 0. The Kier molecular flexibility index (Phi) is 2.89. The van der Waals surface area contributed by atoms with Gasteiger partial charge in [0.2, 0.25) is 0 Å². The second-order valence-corrected chi connectivity index (χ2v) is 5.14. The van der Waals surface area contributed by atoms with Gasteiger partial charge in [-0.3, -0.25) is 9.97 Å². The number of anilines is 1. The molecule has 1 aliphatic heterocycles. The van der Waals surface area contributed by atoms with E-state index in [1.54, 1.807) is 0 Å². The maximum atomic E-state index is 4.52. The highest BCUT2D eigenvalue weighted by Gasteiger charge is 2.51. The van der Waals surface area contributed by atoms with Gasteiger partial charge in [0.25, 0.3) is 0 Å². The summed E-state index contributed by atoms with van der Waals surface area (Å²) in [5.74, 6) is 0. The molecule has 1 aromatic carbocycles. The Bertz CT molecular complexity index is 604. The van der Waals surface area contributed by atoms with E-state index in [4.69, 9.17) is 0 Å². The summed E-state index contributed by atoms with van der Waals surface area (Å²) in [5.41, 5.74) is 3.40. The molecule has 0 amide bonds. The molecule has 3 nitrogen and oxygen atoms in total. The Balaban J connectivity index is 1.74. The summed E-state index contributed by atoms with van der Waals surface area (Å²) in [4.78, 5) is 11.4. The van der Waals surface area contributed by atoms with Gasteiger partial charge in [-0.05, 0) is 36.4 Å². The first kappa shape index (κ1) is 12.1. The van der Waals surface area contributed by atoms with Gasteiger partial charge in [-0.1, -0.05) is 30.3 Å². The molecule has 1 saturated heterocycles. The van der Waals surface area contributed by atoms with E-state index in [2.05, 4.69) is 51.3 Å². The predicted octanol–water partition coefficient (Wildman–Crippen LogP) is 3.78. The minimum absolute atomic E-state index is 0.267. The second-order valence-electron chi connectivity index (χ2n) is 5.14. The summed E-state index contributed by atoms with van der Waals surface area (Å²) in [6.45, 7) is 0. The molecule has 4 rings (SSSR count). The topological polar surface area (TPSA) is 28.8 Å². The molecule has 21 heavy (non-hydrogen) atoms. The number of aromatic nitrogens is 2. The Hall–Kier alpha value is -2.68. The molecule has 0 N–H and O–H groups in total. The van der Waals surface area contributed by atoms with Crippen LogP contribution in [0.4, 0.5) is 5.69 Å². The highest BCUT2D eigenvalue weighted by Crippen LogP contribution is 2.55. The average molecular weight is 273 g/mol. The number of rotatable bonds is 3. The van der Waals surface area contributed by atoms with Crippen LogP contribution >= 0.6 is 0 Å². The molecule has 2 aromatic heterocycles. The number of para-hydroxylation sites is 1. The zero-order chi connectivity index (χ0) is 14.1. The van der Waals surface area contributed by atoms with Crippen molar-refractivity contribution in [2.75, 3.05) is 4.90 Å². The van der Waals surface area contributed by atoms with E-state index in [9.17, 15) is 0 Å². The van der Waals surface area contributed by atoms with Crippen molar-refractivity contribution in [2.45, 2.75) is 12.1 Å². The summed E-state index contributed by atoms with van der Waals surface area (Å²) in [6, 6.07) is 23.1. The molecular weight excluding hydrogens is 258 g/mol. The Labute approximate surface area is 123 Å². The van der Waals surface area contributed by atoms with E-state index < -0.39 is 0 Å². The quantitative estimate of drug-likeness (QED) is 0.680. The van der Waals surface area contributed by atoms with Crippen LogP contribution in [-0.4, -0.2) is 9.97 Å². The third-order valence-electron chi connectivity index (χ3n) is 3.84. The van der Waals surface area contributed by atoms with E-state index in [-0.39, 0.29) is 12.1 Å². The lowest BCUT2D eigenvalue weighted by Crippen LogP contribution is -1.96. The molecule has 0 radical (unpaired) electrons. The highest BCUT2D eigenvalue weighted by molar-refractivity contribution is 5.59. The van der Waals surface area contributed by atoms with Gasteiger partial charge in [0.1, 0.15) is 0 Å². The largest absolute Gasteiger partial charge is 0.349 e. The molecule has 0 bridgehead atoms. The fourth-order valence-corrected chi connectivity index (χ4v) is 2.86. The smallest absolute Gasteiger partial charge is 0.0982 e. The minimum Gasteiger partial charge on any atom is -0.349 e. The molecule has 0 saturated carbocycles. The van der Waals surface area contributed by atoms with Crippen molar-refractivity contribution in [2.24, 2.45) is 0 Å². The molecule has 1 aliphatic rings. The number of hydrogen-bond acceptors (Lipinski definition) is 3. The molecule has 3 heteroatoms. The van der Waals surface area contributed by atoms with Crippen molar-refractivity contribution in [1.82, 2.24) is 9.97 Å². The standard InChI is InChI=1S/C18H15N3/c1-2-8-14(9-3-1)21-17(15-10-4-6-12-19-15)18(21)16-11-5-7-13-20-16/h1-13,17-18H/t17-,18-/m0/s1. The van der Waals surface area contributed by atoms with Crippen LogP contribution in [0, 0.1) is 0 Å². The van der Waals surface area contributed by atoms with E-state index in [1.807, 2.05) is 42.7 Å². The summed E-state index contributed by atoms with van der Waals surface area (Å²) >= 11 is 0. The van der Waals surface area contributed by atoms with Crippen LogP contribution in [0.1, 0.15) is 23.5 Å². The minimum atomic E-state index is 0.267. The Morgan fingerprint density at radius 2 is 1.14 bits per heavy atom. The number of benzene rings is 1. The summed E-state index contributed by atoms with van der Waals surface area (Å²) in [6.07, 6.45) is 3.71. The maximum Gasteiger partial charge on any atom is 0.0982 e. The van der Waals surface area contributed by atoms with Crippen molar-refractivity contribution in [1.29, 1.82) is 0 Å². The lowest BCUT2D eigenvalue weighted by Gasteiger charge is -2.05. The van der Waals surface area contributed by atoms with Crippen molar-refractivity contribution in [3.63, 3.8) is 0 Å². The molecule has 0 spiro atoms. The summed E-state index contributed by atoms with van der Waals surface area (Å²) in [7, 11) is 0. The van der Waals surface area contributed by atoms with Crippen molar-refractivity contribution >= 4 is 5.69 Å². The highest BCUT2D eigenvalue weighted by atomic mass is 15.4. The van der Waals surface area contributed by atoms with Gasteiger partial charge in [-0.25, -0.2) is 0 Å². The molecular formula is C18H15N3. The molecule has 0 unspecified atom stereocenters. The van der Waals surface area contributed by atoms with Gasteiger partial charge in [-0.2, -0.15) is 0 Å². The molecule has 1 fully saturated rings. The molecule has 3 heterocycles. The van der Waals surface area contributed by atoms with Crippen LogP contribution in [0.25, 0.3) is 0 Å². The zero-order valence-corrected chi connectivity index (χ0v) is 11.5. The van der Waals surface area contributed by atoms with Crippen LogP contribution in [0.5, 0.6) is 0 Å². The van der Waals surface area contributed by atoms with Crippen LogP contribution in [-0.2, 0) is 0 Å². The third-order valence-corrected chi connectivity index (χ3v) is 3.84. The van der Waals surface area contributed by atoms with Gasteiger partial charge in [0.15, 0.2) is 0 Å². The Morgan fingerprint density at radius 1 is 0.619 bits per heavy atom. The number of nitrogens with zero attached hydrogens (tertiary/aromatic N) is 3. The predicted molar refractivity (Wildman–Crippen MR) is 82.9 cm³/mol. The van der Waals surface area contributed by atoms with Crippen LogP contribution in [0.3, 0.4) is 0 Å². The zero-order valence-electron chi connectivity index (χ0n) is 11.5. The van der Waals surface area contributed by atoms with Crippen molar-refractivity contribution in [3.05, 3.63) is 90.5 Å². The Morgan fingerprint density at radius 3 is 1.62 bits per heavy atom. The van der Waals surface area contributed by atoms with Gasteiger partial charge >= 0.3 is 0 Å². The van der Waals surface area contributed by atoms with Gasteiger partial charge < -0.3 is 4.90 Å². The number of hydrogen-bond donors (Lipinski definition) is 0. The van der Waals surface area contributed by atoms with Gasteiger partial charge in [-0.15, -0.1) is 0 Å². The van der Waals surface area contributed by atoms with Crippen LogP contribution in [0.2, 0.25) is 0 Å². The second kappa shape index (κ2) is 5.02. The first-order chi connectivity index (χ1) is 10.4. The monoisotopic (exact) mass is 273 g/mol. The van der Waals surface area contributed by atoms with Gasteiger partial charge in [0.05, 0.1) is 23.5 Å². The first-order valence-electron chi connectivity index (χ1n) is 7.10. The summed E-state index contributed by atoms with van der Waals surface area (Å²) in [5, 5.41) is 0. The van der Waals surface area contributed by atoms with Crippen molar-refractivity contribution in [3.8, 4) is 0 Å².